The molecule has 1 aromatic carbocycles. The van der Waals surface area contributed by atoms with Gasteiger partial charge in [0, 0.05) is 12.0 Å². The third-order valence-electron chi connectivity index (χ3n) is 3.34. The molecule has 1 atom stereocenters. The summed E-state index contributed by atoms with van der Waals surface area (Å²) in [5.74, 6) is -3.26. The minimum atomic E-state index is -1.38. The number of primary amides is 1. The van der Waals surface area contributed by atoms with Crippen LogP contribution in [0.15, 0.2) is 24.3 Å². The quantitative estimate of drug-likeness (QED) is 0.736. The van der Waals surface area contributed by atoms with Gasteiger partial charge in [-0.3, -0.25) is 19.3 Å². The Bertz CT molecular complexity index is 626. The number of nitrogens with two attached hydrogens (primary N) is 1. The zero-order valence-corrected chi connectivity index (χ0v) is 11.1. The summed E-state index contributed by atoms with van der Waals surface area (Å²) in [6.07, 6.45) is -0.442. The molecule has 0 saturated carbocycles. The summed E-state index contributed by atoms with van der Waals surface area (Å²) in [5.41, 5.74) is 5.88. The van der Waals surface area contributed by atoms with Crippen LogP contribution in [0.3, 0.4) is 0 Å². The van der Waals surface area contributed by atoms with Crippen LogP contribution in [0.1, 0.15) is 28.8 Å². The van der Waals surface area contributed by atoms with Gasteiger partial charge < -0.3 is 10.8 Å². The van der Waals surface area contributed by atoms with Gasteiger partial charge >= 0.3 is 5.97 Å². The van der Waals surface area contributed by atoms with Gasteiger partial charge in [-0.05, 0) is 18.1 Å². The molecule has 0 aliphatic carbocycles. The van der Waals surface area contributed by atoms with Crippen LogP contribution in [-0.2, 0) is 20.8 Å². The molecule has 0 bridgehead atoms. The van der Waals surface area contributed by atoms with E-state index in [1.54, 1.807) is 24.3 Å². The molecule has 1 aromatic rings. The van der Waals surface area contributed by atoms with Crippen molar-refractivity contribution in [2.75, 3.05) is 0 Å². The Hall–Kier alpha value is -2.70. The number of benzene rings is 1. The summed E-state index contributed by atoms with van der Waals surface area (Å²) in [7, 11) is 0. The molecular formula is C14H14N2O5. The second kappa shape index (κ2) is 5.74. The number of rotatable bonds is 5. The molecule has 3 amide bonds. The van der Waals surface area contributed by atoms with E-state index in [0.717, 1.165) is 0 Å². The summed E-state index contributed by atoms with van der Waals surface area (Å²) in [6.45, 7) is 0. The number of carbonyl (C=O) groups excluding carboxylic acids is 3. The van der Waals surface area contributed by atoms with Crippen molar-refractivity contribution in [3.63, 3.8) is 0 Å². The standard InChI is InChI=1S/C14H14N2O5/c15-11(17)6-5-10(14(20)21)16-12(18)7-8-3-1-2-4-9(8)13(16)19/h1-4,10H,5-7H2,(H2,15,17)(H,20,21). The van der Waals surface area contributed by atoms with Crippen LogP contribution >= 0.6 is 0 Å². The van der Waals surface area contributed by atoms with E-state index >= 15 is 0 Å². The maximum Gasteiger partial charge on any atom is 0.326 e. The van der Waals surface area contributed by atoms with Crippen LogP contribution in [0.2, 0.25) is 0 Å². The van der Waals surface area contributed by atoms with Gasteiger partial charge in [-0.25, -0.2) is 4.79 Å². The third-order valence-corrected chi connectivity index (χ3v) is 3.34. The van der Waals surface area contributed by atoms with Crippen molar-refractivity contribution in [1.29, 1.82) is 0 Å². The van der Waals surface area contributed by atoms with E-state index < -0.39 is 29.7 Å². The molecule has 110 valence electrons. The lowest BCUT2D eigenvalue weighted by molar-refractivity contribution is -0.148. The average Bonchev–Trinajstić information content (AvgIpc) is 2.41. The van der Waals surface area contributed by atoms with Gasteiger partial charge in [0.05, 0.1) is 6.42 Å². The summed E-state index contributed by atoms with van der Waals surface area (Å²) >= 11 is 0. The number of carboxylic acid groups (broad SMARTS) is 1. The number of hydrogen-bond donors (Lipinski definition) is 2. The van der Waals surface area contributed by atoms with Gasteiger partial charge in [0.25, 0.3) is 5.91 Å². The van der Waals surface area contributed by atoms with E-state index in [0.29, 0.717) is 16.0 Å². The Morgan fingerprint density at radius 3 is 2.57 bits per heavy atom. The highest BCUT2D eigenvalue weighted by Crippen LogP contribution is 2.23. The number of carboxylic acids is 1. The average molecular weight is 290 g/mol. The Labute approximate surface area is 120 Å². The molecular weight excluding hydrogens is 276 g/mol. The molecule has 1 unspecified atom stereocenters. The zero-order chi connectivity index (χ0) is 15.6. The van der Waals surface area contributed by atoms with Crippen LogP contribution in [0.5, 0.6) is 0 Å². The Morgan fingerprint density at radius 2 is 1.95 bits per heavy atom. The number of imide groups is 1. The van der Waals surface area contributed by atoms with E-state index in [1.807, 2.05) is 0 Å². The molecule has 1 heterocycles. The van der Waals surface area contributed by atoms with E-state index in [1.165, 1.54) is 0 Å². The van der Waals surface area contributed by atoms with Gasteiger partial charge in [0.1, 0.15) is 6.04 Å². The fourth-order valence-corrected chi connectivity index (χ4v) is 2.33. The summed E-state index contributed by atoms with van der Waals surface area (Å²) in [4.78, 5) is 47.3. The molecule has 0 saturated heterocycles. The lowest BCUT2D eigenvalue weighted by Gasteiger charge is -2.31. The Kier molecular flexibility index (Phi) is 4.02. The van der Waals surface area contributed by atoms with Crippen molar-refractivity contribution in [1.82, 2.24) is 4.90 Å². The first-order chi connectivity index (χ1) is 9.91. The number of aliphatic carboxylic acids is 1. The maximum atomic E-state index is 12.3. The summed E-state index contributed by atoms with van der Waals surface area (Å²) in [5, 5.41) is 9.22. The van der Waals surface area contributed by atoms with Crippen molar-refractivity contribution in [2.24, 2.45) is 5.73 Å². The van der Waals surface area contributed by atoms with Crippen molar-refractivity contribution < 1.29 is 24.3 Å². The van der Waals surface area contributed by atoms with Gasteiger partial charge in [-0.15, -0.1) is 0 Å². The van der Waals surface area contributed by atoms with Crippen molar-refractivity contribution in [3.8, 4) is 0 Å². The minimum Gasteiger partial charge on any atom is -0.480 e. The first-order valence-corrected chi connectivity index (χ1v) is 6.37. The van der Waals surface area contributed by atoms with Crippen molar-refractivity contribution in [2.45, 2.75) is 25.3 Å². The molecule has 21 heavy (non-hydrogen) atoms. The van der Waals surface area contributed by atoms with Crippen LogP contribution in [0, 0.1) is 0 Å². The van der Waals surface area contributed by atoms with Gasteiger partial charge in [-0.2, -0.15) is 0 Å². The van der Waals surface area contributed by atoms with E-state index in [9.17, 15) is 24.3 Å². The Morgan fingerprint density at radius 1 is 1.29 bits per heavy atom. The van der Waals surface area contributed by atoms with Crippen LogP contribution < -0.4 is 5.73 Å². The highest BCUT2D eigenvalue weighted by Gasteiger charge is 2.39. The first-order valence-electron chi connectivity index (χ1n) is 6.37. The second-order valence-corrected chi connectivity index (χ2v) is 4.76. The Balaban J connectivity index is 2.33. The van der Waals surface area contributed by atoms with Crippen LogP contribution in [0.25, 0.3) is 0 Å². The van der Waals surface area contributed by atoms with E-state index in [-0.39, 0.29) is 19.3 Å². The lowest BCUT2D eigenvalue weighted by atomic mass is 9.96. The SMILES string of the molecule is NC(=O)CCC(C(=O)O)N1C(=O)Cc2ccccc2C1=O. The minimum absolute atomic E-state index is 0.0394. The zero-order valence-electron chi connectivity index (χ0n) is 11.1. The number of hydrogen-bond acceptors (Lipinski definition) is 4. The van der Waals surface area contributed by atoms with Crippen LogP contribution in [-0.4, -0.2) is 39.7 Å². The number of carbonyl (C=O) groups is 4. The molecule has 7 nitrogen and oxygen atoms in total. The monoisotopic (exact) mass is 290 g/mol. The van der Waals surface area contributed by atoms with E-state index in [2.05, 4.69) is 0 Å². The second-order valence-electron chi connectivity index (χ2n) is 4.76. The summed E-state index contributed by atoms with van der Waals surface area (Å²) in [6, 6.07) is 5.16. The molecule has 0 spiro atoms. The number of amides is 3. The van der Waals surface area contributed by atoms with Gasteiger partial charge in [-0.1, -0.05) is 18.2 Å². The largest absolute Gasteiger partial charge is 0.480 e. The molecule has 0 fully saturated rings. The topological polar surface area (TPSA) is 118 Å². The predicted octanol–water partition coefficient (Wildman–Crippen LogP) is -0.0698. The highest BCUT2D eigenvalue weighted by atomic mass is 16.4. The molecule has 0 radical (unpaired) electrons. The van der Waals surface area contributed by atoms with Gasteiger partial charge in [0.2, 0.25) is 11.8 Å². The first kappa shape index (κ1) is 14.7. The van der Waals surface area contributed by atoms with E-state index in [4.69, 9.17) is 5.73 Å². The molecule has 7 heteroatoms. The van der Waals surface area contributed by atoms with Crippen LogP contribution in [0.4, 0.5) is 0 Å². The molecule has 1 aliphatic rings. The van der Waals surface area contributed by atoms with Crippen molar-refractivity contribution in [3.05, 3.63) is 35.4 Å². The maximum absolute atomic E-state index is 12.3. The number of nitrogens with zero attached hydrogens (tertiary/aromatic N) is 1. The third kappa shape index (κ3) is 2.91. The molecule has 1 aliphatic heterocycles. The summed E-state index contributed by atoms with van der Waals surface area (Å²) < 4.78 is 0. The molecule has 3 N–H and O–H groups in total. The fourth-order valence-electron chi connectivity index (χ4n) is 2.33. The normalized spacial score (nSPS) is 15.5. The van der Waals surface area contributed by atoms with Gasteiger partial charge in [0.15, 0.2) is 0 Å². The number of fused-ring (bicyclic) bond motifs is 1. The predicted molar refractivity (Wildman–Crippen MR) is 71.2 cm³/mol. The highest BCUT2D eigenvalue weighted by molar-refractivity contribution is 6.11. The van der Waals surface area contributed by atoms with Crippen molar-refractivity contribution >= 4 is 23.7 Å². The fraction of sp³-hybridized carbons (Fsp3) is 0.286. The molecule has 0 aromatic heterocycles. The smallest absolute Gasteiger partial charge is 0.326 e. The molecule has 2 rings (SSSR count). The lowest BCUT2D eigenvalue weighted by Crippen LogP contribution is -2.52.